The average Bonchev–Trinajstić information content (AvgIpc) is 3.51. The molecule has 8 aromatic rings. The summed E-state index contributed by atoms with van der Waals surface area (Å²) in [6, 6.07) is 60.9. The van der Waals surface area contributed by atoms with Crippen molar-refractivity contribution >= 4 is 57.0 Å². The van der Waals surface area contributed by atoms with Gasteiger partial charge in [-0.1, -0.05) is 185 Å². The van der Waals surface area contributed by atoms with Gasteiger partial charge in [0.05, 0.1) is 5.69 Å². The first-order valence-corrected chi connectivity index (χ1v) is 23.3. The van der Waals surface area contributed by atoms with E-state index < -0.39 is 0 Å². The lowest BCUT2D eigenvalue weighted by Crippen LogP contribution is -2.62. The summed E-state index contributed by atoms with van der Waals surface area (Å²) in [6.45, 7) is 25.7. The van der Waals surface area contributed by atoms with Crippen LogP contribution in [0, 0.1) is 0 Å². The van der Waals surface area contributed by atoms with Crippen LogP contribution in [-0.4, -0.2) is 6.85 Å². The molecule has 0 spiro atoms. The van der Waals surface area contributed by atoms with Crippen molar-refractivity contribution in [1.82, 2.24) is 0 Å². The quantitative estimate of drug-likeness (QED) is 0.164. The predicted octanol–water partition coefficient (Wildman–Crippen LogP) is 15.4. The Morgan fingerprint density at radius 1 is 0.422 bits per heavy atom. The highest BCUT2D eigenvalue weighted by molar-refractivity contribution is 6.95. The van der Waals surface area contributed by atoms with Crippen molar-refractivity contribution < 1.29 is 0 Å². The second kappa shape index (κ2) is 13.8. The van der Waals surface area contributed by atoms with Crippen LogP contribution in [0.3, 0.4) is 0 Å². The van der Waals surface area contributed by atoms with Gasteiger partial charge >= 0.3 is 6.85 Å². The molecule has 0 saturated heterocycles. The number of hydrogen-bond acceptors (Lipinski definition) is 2. The highest BCUT2D eigenvalue weighted by atomic mass is 15.2. The molecule has 0 atom stereocenters. The van der Waals surface area contributed by atoms with E-state index in [0.29, 0.717) is 0 Å². The molecule has 0 bridgehead atoms. The second-order valence-corrected chi connectivity index (χ2v) is 22.2. The molecule has 11 rings (SSSR count). The van der Waals surface area contributed by atoms with E-state index in [1.807, 2.05) is 0 Å². The fourth-order valence-corrected chi connectivity index (χ4v) is 11.2. The van der Waals surface area contributed by atoms with Gasteiger partial charge in [0.15, 0.2) is 0 Å². The topological polar surface area (TPSA) is 6.48 Å². The van der Waals surface area contributed by atoms with Crippen LogP contribution < -0.4 is 20.6 Å². The number of nitrogens with zero attached hydrogens (tertiary/aromatic N) is 2. The molecule has 1 aliphatic carbocycles. The van der Waals surface area contributed by atoms with Crippen molar-refractivity contribution in [3.05, 3.63) is 186 Å². The van der Waals surface area contributed by atoms with Gasteiger partial charge in [0.25, 0.3) is 0 Å². The SMILES string of the molecule is CC(C)(C)c1ccc(N2B3c4c(ccc5c4-c4ccccc4C5(C)C)N(c4ccc(C(C)(C)C)cc4-c4ccccc4)c4cc5ccccc5c(c43)-c3cc(C(C)(C)C)ccc32)cc1. The zero-order chi connectivity index (χ0) is 44.7. The van der Waals surface area contributed by atoms with Crippen molar-refractivity contribution in [1.29, 1.82) is 0 Å². The Morgan fingerprint density at radius 2 is 0.984 bits per heavy atom. The highest BCUT2D eigenvalue weighted by Gasteiger charge is 2.50. The van der Waals surface area contributed by atoms with Crippen LogP contribution in [0.2, 0.25) is 0 Å². The molecule has 0 aromatic heterocycles. The van der Waals surface area contributed by atoms with Crippen LogP contribution in [0.5, 0.6) is 0 Å². The van der Waals surface area contributed by atoms with E-state index in [0.717, 1.165) is 0 Å². The van der Waals surface area contributed by atoms with Crippen molar-refractivity contribution in [3.63, 3.8) is 0 Å². The molecule has 2 aliphatic heterocycles. The zero-order valence-corrected chi connectivity index (χ0v) is 39.5. The predicted molar refractivity (Wildman–Crippen MR) is 277 cm³/mol. The number of benzene rings is 8. The highest BCUT2D eigenvalue weighted by Crippen LogP contribution is 2.55. The van der Waals surface area contributed by atoms with Crippen molar-refractivity contribution in [2.75, 3.05) is 9.71 Å². The average molecular weight is 831 g/mol. The minimum absolute atomic E-state index is 0.0251. The lowest BCUT2D eigenvalue weighted by Gasteiger charge is -2.47. The largest absolute Gasteiger partial charge is 0.376 e. The Labute approximate surface area is 381 Å². The lowest BCUT2D eigenvalue weighted by molar-refractivity contribution is 0.590. The zero-order valence-electron chi connectivity index (χ0n) is 39.5. The molecule has 0 N–H and O–H groups in total. The Hall–Kier alpha value is -6.32. The van der Waals surface area contributed by atoms with E-state index in [-0.39, 0.29) is 28.5 Å². The number of fused-ring (bicyclic) bond motifs is 10. The minimum Gasteiger partial charge on any atom is -0.376 e. The van der Waals surface area contributed by atoms with Crippen molar-refractivity contribution in [2.45, 2.75) is 97.8 Å². The molecule has 0 fully saturated rings. The molecule has 8 aromatic carbocycles. The fourth-order valence-electron chi connectivity index (χ4n) is 11.2. The van der Waals surface area contributed by atoms with E-state index >= 15 is 0 Å². The standard InChI is InChI=1S/C61H59BN2/c1-58(2,3)40-25-29-43(30-26-40)64-51-33-28-42(60(7,8)9)37-47(51)54-44-22-16-15-21-39(44)35-53-57(54)62(64)56-52(34-31-49-55(56)45-23-17-18-24-48(45)61(49,10)11)63(53)50-32-27-41(59(4,5)6)36-46(50)38-19-13-12-14-20-38/h12-37H,1-11H3. The maximum Gasteiger partial charge on any atom is 0.333 e. The number of hydrogen-bond donors (Lipinski definition) is 0. The molecular weight excluding hydrogens is 771 g/mol. The minimum atomic E-state index is -0.171. The molecule has 0 amide bonds. The van der Waals surface area contributed by atoms with E-state index in [2.05, 4.69) is 244 Å². The van der Waals surface area contributed by atoms with Gasteiger partial charge in [0.1, 0.15) is 0 Å². The number of rotatable bonds is 3. The summed E-state index contributed by atoms with van der Waals surface area (Å²) < 4.78 is 0. The third-order valence-electron chi connectivity index (χ3n) is 14.7. The van der Waals surface area contributed by atoms with E-state index in [1.165, 1.54) is 111 Å². The van der Waals surface area contributed by atoms with Crippen molar-refractivity contribution in [2.24, 2.45) is 0 Å². The first-order valence-electron chi connectivity index (χ1n) is 23.3. The van der Waals surface area contributed by atoms with E-state index in [9.17, 15) is 0 Å². The van der Waals surface area contributed by atoms with Crippen LogP contribution >= 0.6 is 0 Å². The fraction of sp³-hybridized carbons (Fsp3) is 0.246. The normalized spacial score (nSPS) is 14.8. The Morgan fingerprint density at radius 3 is 1.67 bits per heavy atom. The van der Waals surface area contributed by atoms with E-state index in [4.69, 9.17) is 0 Å². The van der Waals surface area contributed by atoms with Gasteiger partial charge in [-0.15, -0.1) is 0 Å². The Balaban J connectivity index is 1.34. The van der Waals surface area contributed by atoms with Gasteiger partial charge in [-0.2, -0.15) is 0 Å². The van der Waals surface area contributed by atoms with E-state index in [1.54, 1.807) is 0 Å². The summed E-state index contributed by atoms with van der Waals surface area (Å²) in [4.78, 5) is 5.36. The molecule has 2 heterocycles. The van der Waals surface area contributed by atoms with Crippen LogP contribution in [0.15, 0.2) is 158 Å². The Kier molecular flexibility index (Phi) is 8.75. The first kappa shape index (κ1) is 40.5. The molecule has 2 nitrogen and oxygen atoms in total. The molecule has 0 saturated carbocycles. The van der Waals surface area contributed by atoms with Gasteiger partial charge < -0.3 is 9.71 Å². The van der Waals surface area contributed by atoms with Crippen LogP contribution in [0.25, 0.3) is 44.2 Å². The van der Waals surface area contributed by atoms with Gasteiger partial charge in [-0.05, 0) is 137 Å². The molecule has 3 aliphatic rings. The molecule has 3 heteroatoms. The van der Waals surface area contributed by atoms with Gasteiger partial charge in [0, 0.05) is 39.3 Å². The summed E-state index contributed by atoms with van der Waals surface area (Å²) in [6.07, 6.45) is 0. The number of anilines is 5. The summed E-state index contributed by atoms with van der Waals surface area (Å²) >= 11 is 0. The summed E-state index contributed by atoms with van der Waals surface area (Å²) in [5.74, 6) is 0. The third-order valence-corrected chi connectivity index (χ3v) is 14.7. The van der Waals surface area contributed by atoms with Gasteiger partial charge in [0.2, 0.25) is 0 Å². The Bertz CT molecular complexity index is 3190. The second-order valence-electron chi connectivity index (χ2n) is 22.2. The maximum atomic E-state index is 2.71. The van der Waals surface area contributed by atoms with Crippen LogP contribution in [0.4, 0.5) is 28.4 Å². The van der Waals surface area contributed by atoms with Crippen molar-refractivity contribution in [3.8, 4) is 33.4 Å². The van der Waals surface area contributed by atoms with Gasteiger partial charge in [-0.25, -0.2) is 0 Å². The third kappa shape index (κ3) is 5.99. The summed E-state index contributed by atoms with van der Waals surface area (Å²) in [5.41, 5.74) is 23.2. The maximum absolute atomic E-state index is 2.71. The monoisotopic (exact) mass is 830 g/mol. The molecule has 64 heavy (non-hydrogen) atoms. The van der Waals surface area contributed by atoms with Gasteiger partial charge in [-0.3, -0.25) is 0 Å². The molecule has 316 valence electrons. The van der Waals surface area contributed by atoms with Crippen LogP contribution in [-0.2, 0) is 21.7 Å². The molecule has 0 radical (unpaired) electrons. The molecular formula is C61H59BN2. The molecule has 0 unspecified atom stereocenters. The lowest BCUT2D eigenvalue weighted by atomic mass is 9.42. The summed E-state index contributed by atoms with van der Waals surface area (Å²) in [7, 11) is 0. The smallest absolute Gasteiger partial charge is 0.333 e. The first-order chi connectivity index (χ1) is 30.4. The van der Waals surface area contributed by atoms with Crippen LogP contribution in [0.1, 0.15) is 104 Å². The summed E-state index contributed by atoms with van der Waals surface area (Å²) in [5, 5.41) is 2.54.